The molecule has 0 atom stereocenters. The fourth-order valence-electron chi connectivity index (χ4n) is 0.668. The van der Waals surface area contributed by atoms with Crippen LogP contribution in [0.15, 0.2) is 4.99 Å². The number of aliphatic imine (C=N–C) groups is 1. The van der Waals surface area contributed by atoms with E-state index >= 15 is 0 Å². The van der Waals surface area contributed by atoms with E-state index in [4.69, 9.17) is 0 Å². The van der Waals surface area contributed by atoms with Gasteiger partial charge in [0, 0.05) is 20.6 Å². The lowest BCUT2D eigenvalue weighted by atomic mass is 10.4. The van der Waals surface area contributed by atoms with Crippen LogP contribution in [0.3, 0.4) is 0 Å². The zero-order valence-corrected chi connectivity index (χ0v) is 6.81. The first-order chi connectivity index (χ1) is 4.22. The lowest BCUT2D eigenvalue weighted by molar-refractivity contribution is 0.497. The summed E-state index contributed by atoms with van der Waals surface area (Å²) >= 11 is 0. The SMILES string of the molecule is CCCN(C)C(C)=NC. The van der Waals surface area contributed by atoms with Crippen LogP contribution in [-0.2, 0) is 0 Å². The Hall–Kier alpha value is -0.530. The molecule has 0 aliphatic heterocycles. The van der Waals surface area contributed by atoms with E-state index in [1.807, 2.05) is 14.0 Å². The van der Waals surface area contributed by atoms with Crippen molar-refractivity contribution >= 4 is 5.84 Å². The average Bonchev–Trinajstić information content (AvgIpc) is 1.87. The molecule has 0 aromatic carbocycles. The van der Waals surface area contributed by atoms with Crippen LogP contribution in [0.5, 0.6) is 0 Å². The summed E-state index contributed by atoms with van der Waals surface area (Å²) < 4.78 is 0. The minimum atomic E-state index is 1.10. The summed E-state index contributed by atoms with van der Waals surface area (Å²) in [5, 5.41) is 0. The minimum absolute atomic E-state index is 1.10. The third-order valence-electron chi connectivity index (χ3n) is 1.44. The molecule has 0 spiro atoms. The van der Waals surface area contributed by atoms with Gasteiger partial charge >= 0.3 is 0 Å². The van der Waals surface area contributed by atoms with E-state index in [1.165, 1.54) is 6.42 Å². The summed E-state index contributed by atoms with van der Waals surface area (Å²) in [4.78, 5) is 6.20. The van der Waals surface area contributed by atoms with E-state index in [1.54, 1.807) is 0 Å². The Kier molecular flexibility index (Phi) is 4.10. The molecule has 0 fully saturated rings. The summed E-state index contributed by atoms with van der Waals surface area (Å²) in [7, 11) is 3.88. The van der Waals surface area contributed by atoms with Crippen LogP contribution in [-0.4, -0.2) is 31.4 Å². The van der Waals surface area contributed by atoms with E-state index in [9.17, 15) is 0 Å². The molecule has 0 heterocycles. The van der Waals surface area contributed by atoms with Crippen molar-refractivity contribution in [2.45, 2.75) is 20.3 Å². The van der Waals surface area contributed by atoms with Gasteiger partial charge in [0.1, 0.15) is 0 Å². The van der Waals surface area contributed by atoms with Crippen molar-refractivity contribution in [3.8, 4) is 0 Å². The molecule has 0 aliphatic carbocycles. The second kappa shape index (κ2) is 4.36. The van der Waals surface area contributed by atoms with Crippen molar-refractivity contribution in [3.63, 3.8) is 0 Å². The smallest absolute Gasteiger partial charge is 0.0951 e. The topological polar surface area (TPSA) is 15.6 Å². The van der Waals surface area contributed by atoms with E-state index in [0.29, 0.717) is 0 Å². The van der Waals surface area contributed by atoms with Crippen molar-refractivity contribution in [2.75, 3.05) is 20.6 Å². The largest absolute Gasteiger partial charge is 0.364 e. The van der Waals surface area contributed by atoms with E-state index in [-0.39, 0.29) is 0 Å². The first kappa shape index (κ1) is 8.47. The average molecular weight is 128 g/mol. The second-order valence-electron chi connectivity index (χ2n) is 2.19. The van der Waals surface area contributed by atoms with Crippen LogP contribution < -0.4 is 0 Å². The molecule has 0 radical (unpaired) electrons. The molecule has 0 saturated carbocycles. The Morgan fingerprint density at radius 3 is 2.44 bits per heavy atom. The molecule has 0 saturated heterocycles. The van der Waals surface area contributed by atoms with Gasteiger partial charge in [0.2, 0.25) is 0 Å². The second-order valence-corrected chi connectivity index (χ2v) is 2.19. The first-order valence-electron chi connectivity index (χ1n) is 3.36. The summed E-state index contributed by atoms with van der Waals surface area (Å²) in [5.41, 5.74) is 0. The number of rotatable bonds is 2. The lowest BCUT2D eigenvalue weighted by Gasteiger charge is -2.16. The molecule has 0 unspecified atom stereocenters. The summed E-state index contributed by atoms with van der Waals surface area (Å²) in [6.45, 7) is 5.29. The fraction of sp³-hybridized carbons (Fsp3) is 0.857. The van der Waals surface area contributed by atoms with Gasteiger partial charge < -0.3 is 4.90 Å². The van der Waals surface area contributed by atoms with Crippen LogP contribution >= 0.6 is 0 Å². The highest BCUT2D eigenvalue weighted by molar-refractivity contribution is 5.79. The lowest BCUT2D eigenvalue weighted by Crippen LogP contribution is -2.24. The van der Waals surface area contributed by atoms with Gasteiger partial charge in [0.15, 0.2) is 0 Å². The third kappa shape index (κ3) is 3.12. The maximum atomic E-state index is 4.05. The summed E-state index contributed by atoms with van der Waals surface area (Å²) in [6, 6.07) is 0. The van der Waals surface area contributed by atoms with E-state index in [2.05, 4.69) is 23.9 Å². The molecule has 0 aliphatic rings. The van der Waals surface area contributed by atoms with Gasteiger partial charge in [0.05, 0.1) is 5.84 Å². The van der Waals surface area contributed by atoms with Gasteiger partial charge in [-0.15, -0.1) is 0 Å². The van der Waals surface area contributed by atoms with Gasteiger partial charge in [-0.05, 0) is 13.3 Å². The molecule has 2 nitrogen and oxygen atoms in total. The maximum absolute atomic E-state index is 4.05. The molecular weight excluding hydrogens is 112 g/mol. The number of hydrogen-bond acceptors (Lipinski definition) is 1. The van der Waals surface area contributed by atoms with Crippen LogP contribution in [0.25, 0.3) is 0 Å². The van der Waals surface area contributed by atoms with Crippen molar-refractivity contribution in [2.24, 2.45) is 4.99 Å². The minimum Gasteiger partial charge on any atom is -0.364 e. The molecule has 2 heteroatoms. The Morgan fingerprint density at radius 1 is 1.56 bits per heavy atom. The Labute approximate surface area is 57.6 Å². The van der Waals surface area contributed by atoms with Crippen LogP contribution in [0.1, 0.15) is 20.3 Å². The monoisotopic (exact) mass is 128 g/mol. The predicted octanol–water partition coefficient (Wildman–Crippen LogP) is 1.38. The van der Waals surface area contributed by atoms with E-state index in [0.717, 1.165) is 12.4 Å². The number of amidine groups is 1. The standard InChI is InChI=1S/C7H16N2/c1-5-6-9(4)7(2)8-3/h5-6H2,1-4H3. The van der Waals surface area contributed by atoms with Gasteiger partial charge in [-0.1, -0.05) is 6.92 Å². The highest BCUT2D eigenvalue weighted by Gasteiger charge is 1.94. The molecular formula is C7H16N2. The van der Waals surface area contributed by atoms with Crippen LogP contribution in [0, 0.1) is 0 Å². The summed E-state index contributed by atoms with van der Waals surface area (Å²) in [6.07, 6.45) is 1.18. The Morgan fingerprint density at radius 2 is 2.11 bits per heavy atom. The Bertz CT molecular complexity index is 97.1. The third-order valence-corrected chi connectivity index (χ3v) is 1.44. The highest BCUT2D eigenvalue weighted by atomic mass is 15.1. The quantitative estimate of drug-likeness (QED) is 0.405. The summed E-state index contributed by atoms with van der Waals surface area (Å²) in [5.74, 6) is 1.11. The fourth-order valence-corrected chi connectivity index (χ4v) is 0.668. The molecule has 0 amide bonds. The first-order valence-corrected chi connectivity index (χ1v) is 3.36. The molecule has 0 rings (SSSR count). The zero-order valence-electron chi connectivity index (χ0n) is 6.81. The predicted molar refractivity (Wildman–Crippen MR) is 42.0 cm³/mol. The van der Waals surface area contributed by atoms with Gasteiger partial charge in [-0.2, -0.15) is 0 Å². The molecule has 0 N–H and O–H groups in total. The Balaban J connectivity index is 3.59. The molecule has 0 bridgehead atoms. The molecule has 54 valence electrons. The number of nitrogens with zero attached hydrogens (tertiary/aromatic N) is 2. The highest BCUT2D eigenvalue weighted by Crippen LogP contribution is 1.87. The van der Waals surface area contributed by atoms with Crippen molar-refractivity contribution in [1.82, 2.24) is 4.90 Å². The number of hydrogen-bond donors (Lipinski definition) is 0. The van der Waals surface area contributed by atoms with Gasteiger partial charge in [-0.3, -0.25) is 4.99 Å². The molecule has 9 heavy (non-hydrogen) atoms. The van der Waals surface area contributed by atoms with Crippen molar-refractivity contribution in [1.29, 1.82) is 0 Å². The maximum Gasteiger partial charge on any atom is 0.0951 e. The normalized spacial score (nSPS) is 11.8. The van der Waals surface area contributed by atoms with Crippen molar-refractivity contribution in [3.05, 3.63) is 0 Å². The molecule has 0 aromatic rings. The molecule has 0 aromatic heterocycles. The van der Waals surface area contributed by atoms with E-state index < -0.39 is 0 Å². The zero-order chi connectivity index (χ0) is 7.28. The van der Waals surface area contributed by atoms with Crippen molar-refractivity contribution < 1.29 is 0 Å². The van der Waals surface area contributed by atoms with Crippen LogP contribution in [0.4, 0.5) is 0 Å². The van der Waals surface area contributed by atoms with Crippen LogP contribution in [0.2, 0.25) is 0 Å². The van der Waals surface area contributed by atoms with Gasteiger partial charge in [-0.25, -0.2) is 0 Å². The van der Waals surface area contributed by atoms with Gasteiger partial charge in [0.25, 0.3) is 0 Å².